The topological polar surface area (TPSA) is 33.7 Å². The van der Waals surface area contributed by atoms with Gasteiger partial charge in [-0.2, -0.15) is 0 Å². The average molecular weight is 278 g/mol. The molecule has 4 heteroatoms. The molecule has 1 aliphatic rings. The van der Waals surface area contributed by atoms with Gasteiger partial charge in [-0.3, -0.25) is 0 Å². The van der Waals surface area contributed by atoms with Gasteiger partial charge in [0.2, 0.25) is 0 Å². The minimum Gasteiger partial charge on any atom is -0.497 e. The minimum absolute atomic E-state index is 0.450. The van der Waals surface area contributed by atoms with Crippen LogP contribution in [0.5, 0.6) is 11.5 Å². The van der Waals surface area contributed by atoms with Crippen molar-refractivity contribution >= 4 is 5.69 Å². The van der Waals surface area contributed by atoms with Crippen LogP contribution in [-0.4, -0.2) is 45.3 Å². The fourth-order valence-corrected chi connectivity index (χ4v) is 2.81. The first-order chi connectivity index (χ1) is 9.63. The van der Waals surface area contributed by atoms with E-state index < -0.39 is 0 Å². The van der Waals surface area contributed by atoms with E-state index in [1.165, 1.54) is 25.9 Å². The molecular weight excluding hydrogens is 252 g/mol. The number of nitrogens with zero attached hydrogens (tertiary/aromatic N) is 1. The molecule has 0 radical (unpaired) electrons. The second kappa shape index (κ2) is 6.84. The van der Waals surface area contributed by atoms with Gasteiger partial charge >= 0.3 is 0 Å². The fourth-order valence-electron chi connectivity index (χ4n) is 2.81. The molecule has 1 aliphatic heterocycles. The van der Waals surface area contributed by atoms with E-state index >= 15 is 0 Å². The Hall–Kier alpha value is -1.42. The lowest BCUT2D eigenvalue weighted by molar-refractivity contribution is 0.208. The third-order valence-electron chi connectivity index (χ3n) is 4.26. The maximum absolute atomic E-state index is 5.44. The molecule has 1 unspecified atom stereocenters. The molecule has 0 saturated carbocycles. The first-order valence-corrected chi connectivity index (χ1v) is 7.31. The molecule has 1 N–H and O–H groups in total. The van der Waals surface area contributed by atoms with Crippen LogP contribution in [0.1, 0.15) is 19.8 Å². The minimum atomic E-state index is 0.450. The Labute approximate surface area is 122 Å². The quantitative estimate of drug-likeness (QED) is 0.898. The van der Waals surface area contributed by atoms with E-state index in [2.05, 4.69) is 24.2 Å². The third-order valence-corrected chi connectivity index (χ3v) is 4.26. The normalized spacial score (nSPS) is 18.6. The predicted molar refractivity (Wildman–Crippen MR) is 82.9 cm³/mol. The number of nitrogens with one attached hydrogen (secondary N) is 1. The number of hydrogen-bond donors (Lipinski definition) is 1. The monoisotopic (exact) mass is 278 g/mol. The molecule has 1 fully saturated rings. The van der Waals surface area contributed by atoms with Gasteiger partial charge < -0.3 is 19.7 Å². The molecule has 1 aromatic rings. The highest BCUT2D eigenvalue weighted by Gasteiger charge is 2.22. The van der Waals surface area contributed by atoms with Gasteiger partial charge in [0.05, 0.1) is 19.9 Å². The summed E-state index contributed by atoms with van der Waals surface area (Å²) in [6, 6.07) is 6.37. The Kier molecular flexibility index (Phi) is 5.12. The van der Waals surface area contributed by atoms with Gasteiger partial charge in [0.25, 0.3) is 0 Å². The summed E-state index contributed by atoms with van der Waals surface area (Å²) in [5, 5.41) is 3.60. The van der Waals surface area contributed by atoms with E-state index in [0.717, 1.165) is 23.1 Å². The Balaban J connectivity index is 2.01. The van der Waals surface area contributed by atoms with Crippen LogP contribution >= 0.6 is 0 Å². The average Bonchev–Trinajstić information content (AvgIpc) is 2.48. The smallest absolute Gasteiger partial charge is 0.145 e. The van der Waals surface area contributed by atoms with Crippen molar-refractivity contribution in [3.05, 3.63) is 18.2 Å². The van der Waals surface area contributed by atoms with Gasteiger partial charge in [0.15, 0.2) is 0 Å². The lowest BCUT2D eigenvalue weighted by Gasteiger charge is -2.33. The summed E-state index contributed by atoms with van der Waals surface area (Å²) in [4.78, 5) is 2.40. The zero-order chi connectivity index (χ0) is 14.5. The van der Waals surface area contributed by atoms with E-state index in [-0.39, 0.29) is 0 Å². The van der Waals surface area contributed by atoms with Crippen molar-refractivity contribution in [3.8, 4) is 11.5 Å². The standard InChI is InChI=1S/C16H26N2O2/c1-12(13-7-9-18(2)10-8-13)17-15-6-5-14(19-3)11-16(15)20-4/h5-6,11-13,17H,7-10H2,1-4H3. The molecule has 112 valence electrons. The number of ether oxygens (including phenoxy) is 2. The summed E-state index contributed by atoms with van der Waals surface area (Å²) in [5.41, 5.74) is 1.04. The molecule has 0 bridgehead atoms. The Bertz CT molecular complexity index is 428. The van der Waals surface area contributed by atoms with Gasteiger partial charge in [-0.1, -0.05) is 0 Å². The van der Waals surface area contributed by atoms with Crippen LogP contribution in [0.2, 0.25) is 0 Å². The molecule has 4 nitrogen and oxygen atoms in total. The number of benzene rings is 1. The number of hydrogen-bond acceptors (Lipinski definition) is 4. The van der Waals surface area contributed by atoms with Gasteiger partial charge in [-0.25, -0.2) is 0 Å². The molecule has 0 aliphatic carbocycles. The summed E-state index contributed by atoms with van der Waals surface area (Å²) < 4.78 is 10.7. The molecule has 1 heterocycles. The Morgan fingerprint density at radius 1 is 1.20 bits per heavy atom. The van der Waals surface area contributed by atoms with Gasteiger partial charge in [0.1, 0.15) is 11.5 Å². The summed E-state index contributed by atoms with van der Waals surface area (Å²) in [5.74, 6) is 2.38. The van der Waals surface area contributed by atoms with Crippen LogP contribution < -0.4 is 14.8 Å². The Morgan fingerprint density at radius 2 is 1.90 bits per heavy atom. The molecule has 1 atom stereocenters. The predicted octanol–water partition coefficient (Wildman–Crippen LogP) is 2.85. The van der Waals surface area contributed by atoms with Crippen molar-refractivity contribution < 1.29 is 9.47 Å². The van der Waals surface area contributed by atoms with E-state index in [0.29, 0.717) is 6.04 Å². The van der Waals surface area contributed by atoms with Crippen LogP contribution in [0.4, 0.5) is 5.69 Å². The first-order valence-electron chi connectivity index (χ1n) is 7.31. The van der Waals surface area contributed by atoms with E-state index in [9.17, 15) is 0 Å². The second-order valence-corrected chi connectivity index (χ2v) is 5.64. The number of rotatable bonds is 5. The maximum atomic E-state index is 5.44. The second-order valence-electron chi connectivity index (χ2n) is 5.64. The molecule has 2 rings (SSSR count). The summed E-state index contributed by atoms with van der Waals surface area (Å²) >= 11 is 0. The lowest BCUT2D eigenvalue weighted by atomic mass is 9.90. The number of anilines is 1. The fraction of sp³-hybridized carbons (Fsp3) is 0.625. The van der Waals surface area contributed by atoms with Crippen molar-refractivity contribution in [2.45, 2.75) is 25.8 Å². The van der Waals surface area contributed by atoms with Gasteiger partial charge in [-0.15, -0.1) is 0 Å². The van der Waals surface area contributed by atoms with Crippen molar-refractivity contribution in [3.63, 3.8) is 0 Å². The molecule has 0 spiro atoms. The molecular formula is C16H26N2O2. The number of piperidine rings is 1. The molecule has 0 amide bonds. The highest BCUT2D eigenvalue weighted by Crippen LogP contribution is 2.31. The van der Waals surface area contributed by atoms with E-state index in [1.54, 1.807) is 14.2 Å². The van der Waals surface area contributed by atoms with Crippen LogP contribution in [0, 0.1) is 5.92 Å². The van der Waals surface area contributed by atoms with E-state index in [1.807, 2.05) is 18.2 Å². The molecule has 20 heavy (non-hydrogen) atoms. The van der Waals surface area contributed by atoms with Crippen molar-refractivity contribution in [2.24, 2.45) is 5.92 Å². The molecule has 0 aromatic heterocycles. The SMILES string of the molecule is COc1ccc(NC(C)C2CCN(C)CC2)c(OC)c1. The largest absolute Gasteiger partial charge is 0.497 e. The van der Waals surface area contributed by atoms with Crippen molar-refractivity contribution in [1.29, 1.82) is 0 Å². The zero-order valence-electron chi connectivity index (χ0n) is 13.0. The number of likely N-dealkylation sites (tertiary alicyclic amines) is 1. The van der Waals surface area contributed by atoms with Crippen LogP contribution in [-0.2, 0) is 0 Å². The van der Waals surface area contributed by atoms with Gasteiger partial charge in [0, 0.05) is 12.1 Å². The van der Waals surface area contributed by atoms with Crippen LogP contribution in [0.3, 0.4) is 0 Å². The first kappa shape index (κ1) is 15.0. The molecule has 1 aromatic carbocycles. The van der Waals surface area contributed by atoms with Gasteiger partial charge in [-0.05, 0) is 58.0 Å². The highest BCUT2D eigenvalue weighted by atomic mass is 16.5. The van der Waals surface area contributed by atoms with Crippen LogP contribution in [0.15, 0.2) is 18.2 Å². The number of methoxy groups -OCH3 is 2. The third kappa shape index (κ3) is 3.57. The summed E-state index contributed by atoms with van der Waals surface area (Å²) in [6.45, 7) is 4.65. The zero-order valence-corrected chi connectivity index (χ0v) is 13.0. The summed E-state index contributed by atoms with van der Waals surface area (Å²) in [6.07, 6.45) is 2.51. The summed E-state index contributed by atoms with van der Waals surface area (Å²) in [7, 11) is 5.56. The lowest BCUT2D eigenvalue weighted by Crippen LogP contribution is -2.37. The van der Waals surface area contributed by atoms with Crippen molar-refractivity contribution in [1.82, 2.24) is 4.90 Å². The molecule has 1 saturated heterocycles. The Morgan fingerprint density at radius 3 is 2.50 bits per heavy atom. The maximum Gasteiger partial charge on any atom is 0.145 e. The van der Waals surface area contributed by atoms with Crippen molar-refractivity contribution in [2.75, 3.05) is 39.7 Å². The van der Waals surface area contributed by atoms with E-state index in [4.69, 9.17) is 9.47 Å². The highest BCUT2D eigenvalue weighted by molar-refractivity contribution is 5.59. The van der Waals surface area contributed by atoms with Crippen LogP contribution in [0.25, 0.3) is 0 Å².